The van der Waals surface area contributed by atoms with Crippen LogP contribution in [0.15, 0.2) is 11.6 Å². The molecular weight excluding hydrogens is 372 g/mol. The molecule has 0 heterocycles. The molecule has 2 aliphatic rings. The first-order valence-electron chi connectivity index (χ1n) is 14.5. The van der Waals surface area contributed by atoms with Crippen LogP contribution in [0.3, 0.4) is 0 Å². The first-order chi connectivity index (χ1) is 14.8. The molecule has 9 atom stereocenters. The lowest BCUT2D eigenvalue weighted by molar-refractivity contribution is -0.00977. The van der Waals surface area contributed by atoms with Crippen molar-refractivity contribution in [3.8, 4) is 0 Å². The van der Waals surface area contributed by atoms with Crippen molar-refractivity contribution in [3.05, 3.63) is 11.6 Å². The van der Waals surface area contributed by atoms with Gasteiger partial charge in [-0.25, -0.2) is 0 Å². The standard InChI is InChI=1S/C29H54.C2H6/c1-9-12-13-14-20(4)15-25-16-21(5)28(22(6)17-25)29-23(7)18-27(19-24(29)8)26(10-2)11-3;1-2/h10,20-25,27-29H,9,11-19H2,1-8H3;1-2H3/t20-,21-,22+,23-,24+,25?,27?,28?,29?;/m0./s1. The highest BCUT2D eigenvalue weighted by molar-refractivity contribution is 5.08. The van der Waals surface area contributed by atoms with Crippen LogP contribution in [0.1, 0.15) is 133 Å². The van der Waals surface area contributed by atoms with Gasteiger partial charge in [0.1, 0.15) is 0 Å². The number of rotatable bonds is 9. The van der Waals surface area contributed by atoms with Crippen LogP contribution in [-0.2, 0) is 0 Å². The van der Waals surface area contributed by atoms with Gasteiger partial charge in [-0.1, -0.05) is 99.6 Å². The Bertz CT molecular complexity index is 464. The minimum atomic E-state index is 0.858. The molecule has 2 aliphatic carbocycles. The molecule has 0 spiro atoms. The quantitative estimate of drug-likeness (QED) is 0.251. The Labute approximate surface area is 198 Å². The molecule has 2 fully saturated rings. The maximum atomic E-state index is 2.62. The normalized spacial score (nSPS) is 37.7. The Hall–Kier alpha value is -0.260. The molecule has 0 radical (unpaired) electrons. The fraction of sp³-hybridized carbons (Fsp3) is 0.935. The topological polar surface area (TPSA) is 0 Å². The fourth-order valence-corrected chi connectivity index (χ4v) is 8.06. The highest BCUT2D eigenvalue weighted by Crippen LogP contribution is 2.53. The van der Waals surface area contributed by atoms with E-state index in [0.29, 0.717) is 0 Å². The molecular formula is C31H60. The fourth-order valence-electron chi connectivity index (χ4n) is 8.06. The Kier molecular flexibility index (Phi) is 13.7. The van der Waals surface area contributed by atoms with Crippen molar-refractivity contribution in [2.45, 2.75) is 133 Å². The van der Waals surface area contributed by atoms with Crippen LogP contribution >= 0.6 is 0 Å². The predicted octanol–water partition coefficient (Wildman–Crippen LogP) is 10.6. The molecule has 0 nitrogen and oxygen atoms in total. The minimum Gasteiger partial charge on any atom is -0.0882 e. The van der Waals surface area contributed by atoms with Gasteiger partial charge in [-0.2, -0.15) is 0 Å². The second-order valence-corrected chi connectivity index (χ2v) is 11.6. The number of hydrogen-bond acceptors (Lipinski definition) is 0. The van der Waals surface area contributed by atoms with Crippen LogP contribution in [0, 0.1) is 53.3 Å². The van der Waals surface area contributed by atoms with E-state index in [9.17, 15) is 0 Å². The Morgan fingerprint density at radius 3 is 1.71 bits per heavy atom. The first-order valence-corrected chi connectivity index (χ1v) is 14.5. The average molecular weight is 433 g/mol. The summed E-state index contributed by atoms with van der Waals surface area (Å²) in [7, 11) is 0. The van der Waals surface area contributed by atoms with Gasteiger partial charge in [0, 0.05) is 0 Å². The van der Waals surface area contributed by atoms with Crippen molar-refractivity contribution in [2.75, 3.05) is 0 Å². The Morgan fingerprint density at radius 1 is 0.806 bits per heavy atom. The molecule has 0 aliphatic heterocycles. The van der Waals surface area contributed by atoms with Gasteiger partial charge in [0.15, 0.2) is 0 Å². The molecule has 184 valence electrons. The Balaban J connectivity index is 0.00000233. The van der Waals surface area contributed by atoms with Crippen molar-refractivity contribution in [1.29, 1.82) is 0 Å². The maximum Gasteiger partial charge on any atom is -0.0198 e. The van der Waals surface area contributed by atoms with Crippen LogP contribution < -0.4 is 0 Å². The van der Waals surface area contributed by atoms with Gasteiger partial charge in [0.25, 0.3) is 0 Å². The van der Waals surface area contributed by atoms with E-state index >= 15 is 0 Å². The van der Waals surface area contributed by atoms with Gasteiger partial charge in [0.05, 0.1) is 0 Å². The highest BCUT2D eigenvalue weighted by Gasteiger charge is 2.44. The van der Waals surface area contributed by atoms with Gasteiger partial charge in [-0.15, -0.1) is 0 Å². The molecule has 0 bridgehead atoms. The zero-order valence-corrected chi connectivity index (χ0v) is 23.3. The van der Waals surface area contributed by atoms with Crippen LogP contribution in [0.5, 0.6) is 0 Å². The summed E-state index contributed by atoms with van der Waals surface area (Å²) in [6, 6.07) is 0. The van der Waals surface area contributed by atoms with E-state index in [4.69, 9.17) is 0 Å². The van der Waals surface area contributed by atoms with Crippen molar-refractivity contribution in [1.82, 2.24) is 0 Å². The van der Waals surface area contributed by atoms with Crippen molar-refractivity contribution in [2.24, 2.45) is 53.3 Å². The first kappa shape index (κ1) is 28.8. The molecule has 0 aromatic heterocycles. The highest BCUT2D eigenvalue weighted by atomic mass is 14.5. The SMILES string of the molecule is CC.CC=C(CC)C1C[C@@H](C)C(C2[C@H](C)CC(C[C@@H](C)CCCCC)C[C@@H]2C)[C@@H](C)C1. The van der Waals surface area contributed by atoms with E-state index in [0.717, 1.165) is 53.3 Å². The molecule has 31 heavy (non-hydrogen) atoms. The van der Waals surface area contributed by atoms with Crippen LogP contribution in [-0.4, -0.2) is 0 Å². The largest absolute Gasteiger partial charge is 0.0882 e. The van der Waals surface area contributed by atoms with Crippen molar-refractivity contribution >= 4 is 0 Å². The third-order valence-electron chi connectivity index (χ3n) is 9.14. The lowest BCUT2D eigenvalue weighted by atomic mass is 9.54. The lowest BCUT2D eigenvalue weighted by Gasteiger charge is -2.51. The lowest BCUT2D eigenvalue weighted by Crippen LogP contribution is -2.43. The summed E-state index contributed by atoms with van der Waals surface area (Å²) >= 11 is 0. The van der Waals surface area contributed by atoms with Crippen molar-refractivity contribution in [3.63, 3.8) is 0 Å². The van der Waals surface area contributed by atoms with Gasteiger partial charge >= 0.3 is 0 Å². The van der Waals surface area contributed by atoms with Gasteiger partial charge < -0.3 is 0 Å². The van der Waals surface area contributed by atoms with E-state index in [1.807, 2.05) is 13.8 Å². The van der Waals surface area contributed by atoms with E-state index in [-0.39, 0.29) is 0 Å². The molecule has 2 saturated carbocycles. The molecule has 0 N–H and O–H groups in total. The summed E-state index contributed by atoms with van der Waals surface area (Å²) in [6.45, 7) is 23.9. The molecule has 0 amide bonds. The minimum absolute atomic E-state index is 0.858. The number of allylic oxidation sites excluding steroid dienone is 2. The number of hydrogen-bond donors (Lipinski definition) is 0. The zero-order valence-electron chi connectivity index (χ0n) is 23.3. The summed E-state index contributed by atoms with van der Waals surface area (Å²) in [5.74, 6) is 8.33. The summed E-state index contributed by atoms with van der Waals surface area (Å²) in [5, 5.41) is 0. The summed E-state index contributed by atoms with van der Waals surface area (Å²) in [5.41, 5.74) is 1.73. The summed E-state index contributed by atoms with van der Waals surface area (Å²) in [4.78, 5) is 0. The average Bonchev–Trinajstić information content (AvgIpc) is 2.72. The smallest absolute Gasteiger partial charge is 0.0198 e. The van der Waals surface area contributed by atoms with Gasteiger partial charge in [-0.3, -0.25) is 0 Å². The summed E-state index contributed by atoms with van der Waals surface area (Å²) in [6.07, 6.45) is 16.7. The molecule has 0 aromatic carbocycles. The molecule has 0 aromatic rings. The van der Waals surface area contributed by atoms with Gasteiger partial charge in [-0.05, 0) is 98.7 Å². The molecule has 2 rings (SSSR count). The van der Waals surface area contributed by atoms with E-state index in [1.165, 1.54) is 64.2 Å². The predicted molar refractivity (Wildman–Crippen MR) is 142 cm³/mol. The second kappa shape index (κ2) is 14.8. The second-order valence-electron chi connectivity index (χ2n) is 11.6. The summed E-state index contributed by atoms with van der Waals surface area (Å²) < 4.78 is 0. The van der Waals surface area contributed by atoms with Crippen molar-refractivity contribution < 1.29 is 0 Å². The maximum absolute atomic E-state index is 2.62. The molecule has 4 unspecified atom stereocenters. The third-order valence-corrected chi connectivity index (χ3v) is 9.14. The van der Waals surface area contributed by atoms with E-state index < -0.39 is 0 Å². The third kappa shape index (κ3) is 8.23. The number of unbranched alkanes of at least 4 members (excludes halogenated alkanes) is 2. The monoisotopic (exact) mass is 432 g/mol. The van der Waals surface area contributed by atoms with E-state index in [2.05, 4.69) is 61.5 Å². The zero-order chi connectivity index (χ0) is 23.6. The van der Waals surface area contributed by atoms with Gasteiger partial charge in [0.2, 0.25) is 0 Å². The molecule has 0 saturated heterocycles. The Morgan fingerprint density at radius 2 is 1.29 bits per heavy atom. The van der Waals surface area contributed by atoms with E-state index in [1.54, 1.807) is 5.57 Å². The van der Waals surface area contributed by atoms with Crippen LogP contribution in [0.4, 0.5) is 0 Å². The van der Waals surface area contributed by atoms with Crippen LogP contribution in [0.2, 0.25) is 0 Å². The molecule has 0 heteroatoms. The van der Waals surface area contributed by atoms with Crippen LogP contribution in [0.25, 0.3) is 0 Å².